The number of aryl methyl sites for hydroxylation is 1. The highest BCUT2D eigenvalue weighted by molar-refractivity contribution is 6.22. The number of rotatable bonds is 5. The molecule has 1 heterocycles. The Labute approximate surface area is 188 Å². The standard InChI is InChI=1S/C24H27N3O3.ClH/c1-15-6-11-18(22(28)26-14-17-9-7-16(13-25)8-10-17)12-21(15)27-23(29)19-4-2-3-5-20(19)24(27)30;/h6-12,19-20H,2-5,13-14,25H2,1H3,(H,26,28);1H. The molecule has 0 spiro atoms. The maximum atomic E-state index is 12.9. The van der Waals surface area contributed by atoms with E-state index in [-0.39, 0.29) is 42.0 Å². The van der Waals surface area contributed by atoms with E-state index >= 15 is 0 Å². The molecule has 31 heavy (non-hydrogen) atoms. The molecule has 2 atom stereocenters. The van der Waals surface area contributed by atoms with Crippen molar-refractivity contribution in [2.45, 2.75) is 45.7 Å². The van der Waals surface area contributed by atoms with E-state index in [1.807, 2.05) is 31.2 Å². The zero-order chi connectivity index (χ0) is 21.3. The van der Waals surface area contributed by atoms with Crippen molar-refractivity contribution >= 4 is 35.8 Å². The number of nitrogens with two attached hydrogens (primary N) is 1. The van der Waals surface area contributed by atoms with Gasteiger partial charge in [0.2, 0.25) is 11.8 Å². The molecule has 6 nitrogen and oxygen atoms in total. The lowest BCUT2D eigenvalue weighted by Gasteiger charge is -2.19. The van der Waals surface area contributed by atoms with E-state index in [0.29, 0.717) is 24.3 Å². The largest absolute Gasteiger partial charge is 0.348 e. The predicted octanol–water partition coefficient (Wildman–Crippen LogP) is 3.49. The topological polar surface area (TPSA) is 92.5 Å². The van der Waals surface area contributed by atoms with E-state index in [0.717, 1.165) is 42.4 Å². The van der Waals surface area contributed by atoms with Gasteiger partial charge in [-0.15, -0.1) is 12.4 Å². The number of hydrogen-bond acceptors (Lipinski definition) is 4. The number of halogens is 1. The van der Waals surface area contributed by atoms with Crippen molar-refractivity contribution in [1.82, 2.24) is 5.32 Å². The summed E-state index contributed by atoms with van der Waals surface area (Å²) >= 11 is 0. The number of benzene rings is 2. The Hall–Kier alpha value is -2.70. The Bertz CT molecular complexity index is 966. The van der Waals surface area contributed by atoms with Crippen LogP contribution in [0.1, 0.15) is 52.7 Å². The summed E-state index contributed by atoms with van der Waals surface area (Å²) in [5.74, 6) is -0.898. The summed E-state index contributed by atoms with van der Waals surface area (Å²) < 4.78 is 0. The Morgan fingerprint density at radius 1 is 1.00 bits per heavy atom. The number of amides is 3. The molecular formula is C24H28ClN3O3. The van der Waals surface area contributed by atoms with Gasteiger partial charge in [-0.1, -0.05) is 43.2 Å². The first kappa shape index (κ1) is 23.0. The van der Waals surface area contributed by atoms with E-state index in [2.05, 4.69) is 5.32 Å². The molecule has 2 unspecified atom stereocenters. The van der Waals surface area contributed by atoms with E-state index in [1.54, 1.807) is 18.2 Å². The van der Waals surface area contributed by atoms with Crippen LogP contribution in [0.25, 0.3) is 0 Å². The fourth-order valence-corrected chi connectivity index (χ4v) is 4.47. The molecule has 164 valence electrons. The lowest BCUT2D eigenvalue weighted by molar-refractivity contribution is -0.122. The molecule has 1 aliphatic carbocycles. The van der Waals surface area contributed by atoms with Gasteiger partial charge >= 0.3 is 0 Å². The van der Waals surface area contributed by atoms with Gasteiger partial charge in [-0.25, -0.2) is 4.90 Å². The van der Waals surface area contributed by atoms with Crippen LogP contribution < -0.4 is 16.0 Å². The molecule has 3 amide bonds. The van der Waals surface area contributed by atoms with Crippen molar-refractivity contribution in [2.75, 3.05) is 4.90 Å². The highest BCUT2D eigenvalue weighted by Crippen LogP contribution is 2.41. The second kappa shape index (κ2) is 9.62. The SMILES string of the molecule is Cc1ccc(C(=O)NCc2ccc(CN)cc2)cc1N1C(=O)C2CCCCC2C1=O.Cl. The Morgan fingerprint density at radius 2 is 1.58 bits per heavy atom. The van der Waals surface area contributed by atoms with Crippen LogP contribution in [-0.4, -0.2) is 17.7 Å². The van der Waals surface area contributed by atoms with Crippen molar-refractivity contribution in [2.24, 2.45) is 17.6 Å². The van der Waals surface area contributed by atoms with E-state index in [1.165, 1.54) is 4.90 Å². The van der Waals surface area contributed by atoms with Gasteiger partial charge in [-0.3, -0.25) is 14.4 Å². The van der Waals surface area contributed by atoms with Crippen LogP contribution in [0.15, 0.2) is 42.5 Å². The fourth-order valence-electron chi connectivity index (χ4n) is 4.47. The maximum absolute atomic E-state index is 12.9. The summed E-state index contributed by atoms with van der Waals surface area (Å²) in [5, 5.41) is 2.90. The summed E-state index contributed by atoms with van der Waals surface area (Å²) in [4.78, 5) is 39.9. The predicted molar refractivity (Wildman–Crippen MR) is 122 cm³/mol. The van der Waals surface area contributed by atoms with Gasteiger partial charge in [0.25, 0.3) is 5.91 Å². The van der Waals surface area contributed by atoms with Crippen LogP contribution in [0.5, 0.6) is 0 Å². The molecule has 0 aromatic heterocycles. The number of hydrogen-bond donors (Lipinski definition) is 2. The summed E-state index contributed by atoms with van der Waals surface area (Å²) in [6.07, 6.45) is 3.52. The lowest BCUT2D eigenvalue weighted by Crippen LogP contribution is -2.32. The average molecular weight is 442 g/mol. The molecule has 1 saturated carbocycles. The van der Waals surface area contributed by atoms with Gasteiger partial charge in [-0.05, 0) is 48.6 Å². The van der Waals surface area contributed by atoms with Gasteiger partial charge in [0, 0.05) is 18.7 Å². The molecule has 7 heteroatoms. The third kappa shape index (κ3) is 4.50. The molecule has 4 rings (SSSR count). The second-order valence-electron chi connectivity index (χ2n) is 8.21. The van der Waals surface area contributed by atoms with Gasteiger partial charge in [0.05, 0.1) is 17.5 Å². The highest BCUT2D eigenvalue weighted by atomic mass is 35.5. The van der Waals surface area contributed by atoms with E-state index in [9.17, 15) is 14.4 Å². The van der Waals surface area contributed by atoms with Crippen LogP contribution in [0.3, 0.4) is 0 Å². The second-order valence-corrected chi connectivity index (χ2v) is 8.21. The van der Waals surface area contributed by atoms with Crippen LogP contribution in [0.2, 0.25) is 0 Å². The minimum Gasteiger partial charge on any atom is -0.348 e. The molecule has 1 saturated heterocycles. The molecule has 0 bridgehead atoms. The lowest BCUT2D eigenvalue weighted by atomic mass is 9.81. The van der Waals surface area contributed by atoms with Crippen LogP contribution in [-0.2, 0) is 22.7 Å². The van der Waals surface area contributed by atoms with Gasteiger partial charge in [0.15, 0.2) is 0 Å². The van der Waals surface area contributed by atoms with Crippen molar-refractivity contribution in [3.05, 3.63) is 64.7 Å². The molecule has 0 radical (unpaired) electrons. The summed E-state index contributed by atoms with van der Waals surface area (Å²) in [7, 11) is 0. The number of nitrogens with zero attached hydrogens (tertiary/aromatic N) is 1. The molecular weight excluding hydrogens is 414 g/mol. The van der Waals surface area contributed by atoms with E-state index < -0.39 is 0 Å². The third-order valence-corrected chi connectivity index (χ3v) is 6.27. The fraction of sp³-hybridized carbons (Fsp3) is 0.375. The maximum Gasteiger partial charge on any atom is 0.251 e. The van der Waals surface area contributed by atoms with Crippen LogP contribution in [0.4, 0.5) is 5.69 Å². The van der Waals surface area contributed by atoms with Crippen LogP contribution in [0, 0.1) is 18.8 Å². The minimum atomic E-state index is -0.240. The average Bonchev–Trinajstić information content (AvgIpc) is 3.03. The first-order valence-electron chi connectivity index (χ1n) is 10.5. The number of fused-ring (bicyclic) bond motifs is 1. The molecule has 3 N–H and O–H groups in total. The molecule has 2 fully saturated rings. The molecule has 2 aromatic rings. The number of imide groups is 1. The Morgan fingerprint density at radius 3 is 2.16 bits per heavy atom. The van der Waals surface area contributed by atoms with Gasteiger partial charge in [0.1, 0.15) is 0 Å². The molecule has 1 aliphatic heterocycles. The van der Waals surface area contributed by atoms with E-state index in [4.69, 9.17) is 5.73 Å². The summed E-state index contributed by atoms with van der Waals surface area (Å²) in [6.45, 7) is 2.73. The van der Waals surface area contributed by atoms with Crippen molar-refractivity contribution in [1.29, 1.82) is 0 Å². The number of carbonyl (C=O) groups is 3. The Kier molecular flexibility index (Phi) is 7.13. The van der Waals surface area contributed by atoms with Crippen molar-refractivity contribution in [3.8, 4) is 0 Å². The normalized spacial score (nSPS) is 20.3. The Balaban J connectivity index is 0.00000272. The first-order valence-corrected chi connectivity index (χ1v) is 10.5. The van der Waals surface area contributed by atoms with Gasteiger partial charge < -0.3 is 11.1 Å². The summed E-state index contributed by atoms with van der Waals surface area (Å²) in [5.41, 5.74) is 9.39. The number of anilines is 1. The third-order valence-electron chi connectivity index (χ3n) is 6.27. The highest BCUT2D eigenvalue weighted by Gasteiger charge is 2.49. The zero-order valence-electron chi connectivity index (χ0n) is 17.6. The summed E-state index contributed by atoms with van der Waals surface area (Å²) in [6, 6.07) is 12.9. The van der Waals surface area contributed by atoms with Crippen LogP contribution >= 0.6 is 12.4 Å². The van der Waals surface area contributed by atoms with Gasteiger partial charge in [-0.2, -0.15) is 0 Å². The number of nitrogens with one attached hydrogen (secondary N) is 1. The monoisotopic (exact) mass is 441 g/mol. The smallest absolute Gasteiger partial charge is 0.251 e. The zero-order valence-corrected chi connectivity index (χ0v) is 18.4. The quantitative estimate of drug-likeness (QED) is 0.694. The first-order chi connectivity index (χ1) is 14.5. The minimum absolute atomic E-state index is 0. The van der Waals surface area contributed by atoms with Crippen molar-refractivity contribution < 1.29 is 14.4 Å². The molecule has 2 aliphatic rings. The van der Waals surface area contributed by atoms with Crippen molar-refractivity contribution in [3.63, 3.8) is 0 Å². The molecule has 2 aromatic carbocycles. The number of carbonyl (C=O) groups excluding carboxylic acids is 3.